The topological polar surface area (TPSA) is 41.1 Å². The summed E-state index contributed by atoms with van der Waals surface area (Å²) in [5, 5.41) is 6.49. The van der Waals surface area contributed by atoms with Gasteiger partial charge in [-0.2, -0.15) is 0 Å². The number of amides is 1. The van der Waals surface area contributed by atoms with E-state index in [0.29, 0.717) is 22.3 Å². The largest absolute Gasteiger partial charge is 0.322 e. The molecular weight excluding hydrogens is 271 g/mol. The van der Waals surface area contributed by atoms with Gasteiger partial charge in [-0.15, -0.1) is 11.8 Å². The van der Waals surface area contributed by atoms with Crippen molar-refractivity contribution in [3.8, 4) is 11.8 Å². The van der Waals surface area contributed by atoms with Crippen LogP contribution in [0.4, 0.5) is 5.69 Å². The Bertz CT molecular complexity index is 457. The molecule has 1 rings (SSSR count). The molecule has 0 aliphatic heterocycles. The fraction of sp³-hybridized carbons (Fsp3) is 0.308. The Balaban J connectivity index is 2.42. The third-order valence-corrected chi connectivity index (χ3v) is 2.75. The van der Waals surface area contributed by atoms with Gasteiger partial charge in [0, 0.05) is 13.0 Å². The summed E-state index contributed by atoms with van der Waals surface area (Å²) in [6, 6.07) is 5.07. The molecule has 0 radical (unpaired) electrons. The molecule has 3 nitrogen and oxygen atoms in total. The zero-order valence-electron chi connectivity index (χ0n) is 10.0. The molecule has 1 aromatic rings. The van der Waals surface area contributed by atoms with Crippen molar-refractivity contribution in [3.05, 3.63) is 28.2 Å². The van der Waals surface area contributed by atoms with E-state index >= 15 is 0 Å². The van der Waals surface area contributed by atoms with E-state index in [1.807, 2.05) is 0 Å². The van der Waals surface area contributed by atoms with Crippen LogP contribution in [0.5, 0.6) is 0 Å². The standard InChI is InChI=1S/C13H14Cl2N2O/c1-2-3-4-8-16-9-12(18)17-13-10(14)6-5-7-11(13)15/h5-7,16H,4,8-9H2,1H3,(H,17,18). The van der Waals surface area contributed by atoms with E-state index in [1.54, 1.807) is 25.1 Å². The van der Waals surface area contributed by atoms with Gasteiger partial charge in [-0.3, -0.25) is 4.79 Å². The van der Waals surface area contributed by atoms with Crippen LogP contribution in [0.25, 0.3) is 0 Å². The van der Waals surface area contributed by atoms with Gasteiger partial charge in [-0.25, -0.2) is 0 Å². The van der Waals surface area contributed by atoms with Crippen molar-refractivity contribution in [2.24, 2.45) is 0 Å². The fourth-order valence-electron chi connectivity index (χ4n) is 1.28. The van der Waals surface area contributed by atoms with Crippen LogP contribution in [0.2, 0.25) is 10.0 Å². The SMILES string of the molecule is CC#CCCNCC(=O)Nc1c(Cl)cccc1Cl. The van der Waals surface area contributed by atoms with E-state index in [1.165, 1.54) is 0 Å². The van der Waals surface area contributed by atoms with Crippen LogP contribution in [0.15, 0.2) is 18.2 Å². The summed E-state index contributed by atoms with van der Waals surface area (Å²) in [7, 11) is 0. The fourth-order valence-corrected chi connectivity index (χ4v) is 1.77. The van der Waals surface area contributed by atoms with Gasteiger partial charge in [0.1, 0.15) is 0 Å². The smallest absolute Gasteiger partial charge is 0.238 e. The predicted molar refractivity (Wildman–Crippen MR) is 76.0 cm³/mol. The van der Waals surface area contributed by atoms with Crippen LogP contribution in [-0.4, -0.2) is 19.0 Å². The number of benzene rings is 1. The summed E-state index contributed by atoms with van der Waals surface area (Å²) in [6.45, 7) is 2.66. The quantitative estimate of drug-likeness (QED) is 0.645. The Morgan fingerprint density at radius 2 is 2.00 bits per heavy atom. The number of carbonyl (C=O) groups is 1. The van der Waals surface area contributed by atoms with Gasteiger partial charge in [-0.1, -0.05) is 29.3 Å². The molecule has 0 aliphatic rings. The van der Waals surface area contributed by atoms with Gasteiger partial charge in [0.2, 0.25) is 5.91 Å². The van der Waals surface area contributed by atoms with Gasteiger partial charge in [-0.05, 0) is 19.1 Å². The summed E-state index contributed by atoms with van der Waals surface area (Å²) in [6.07, 6.45) is 0.719. The summed E-state index contributed by atoms with van der Waals surface area (Å²) in [5.74, 6) is 5.50. The van der Waals surface area contributed by atoms with E-state index in [9.17, 15) is 4.79 Å². The van der Waals surface area contributed by atoms with E-state index in [-0.39, 0.29) is 12.5 Å². The maximum absolute atomic E-state index is 11.6. The first-order valence-electron chi connectivity index (χ1n) is 5.49. The van der Waals surface area contributed by atoms with Crippen molar-refractivity contribution in [2.45, 2.75) is 13.3 Å². The van der Waals surface area contributed by atoms with Gasteiger partial charge in [0.25, 0.3) is 0 Å². The molecule has 5 heteroatoms. The highest BCUT2D eigenvalue weighted by atomic mass is 35.5. The van der Waals surface area contributed by atoms with E-state index in [2.05, 4.69) is 22.5 Å². The molecule has 1 aromatic carbocycles. The summed E-state index contributed by atoms with van der Waals surface area (Å²) < 4.78 is 0. The van der Waals surface area contributed by atoms with Gasteiger partial charge >= 0.3 is 0 Å². The molecular formula is C13H14Cl2N2O. The van der Waals surface area contributed by atoms with Crippen molar-refractivity contribution in [3.63, 3.8) is 0 Å². The molecule has 0 heterocycles. The van der Waals surface area contributed by atoms with E-state index in [0.717, 1.165) is 6.42 Å². The lowest BCUT2D eigenvalue weighted by Crippen LogP contribution is -2.28. The molecule has 0 aliphatic carbocycles. The van der Waals surface area contributed by atoms with E-state index < -0.39 is 0 Å². The second-order valence-corrected chi connectivity index (χ2v) is 4.31. The molecule has 18 heavy (non-hydrogen) atoms. The number of anilines is 1. The van der Waals surface area contributed by atoms with Gasteiger partial charge in [0.05, 0.1) is 22.3 Å². The number of carbonyl (C=O) groups excluding carboxylic acids is 1. The first-order chi connectivity index (χ1) is 8.65. The highest BCUT2D eigenvalue weighted by Gasteiger charge is 2.08. The second-order valence-electron chi connectivity index (χ2n) is 3.50. The van der Waals surface area contributed by atoms with Crippen molar-refractivity contribution >= 4 is 34.8 Å². The number of nitrogens with one attached hydrogen (secondary N) is 2. The second kappa shape index (κ2) is 7.99. The Morgan fingerprint density at radius 3 is 2.61 bits per heavy atom. The van der Waals surface area contributed by atoms with Crippen LogP contribution < -0.4 is 10.6 Å². The first kappa shape index (κ1) is 14.8. The molecule has 0 atom stereocenters. The normalized spacial score (nSPS) is 9.50. The Labute approximate surface area is 117 Å². The number of hydrogen-bond donors (Lipinski definition) is 2. The molecule has 0 aromatic heterocycles. The van der Waals surface area contributed by atoms with Crippen LogP contribution in [0.1, 0.15) is 13.3 Å². The Kier molecular flexibility index (Phi) is 6.59. The number of halogens is 2. The molecule has 0 saturated carbocycles. The maximum atomic E-state index is 11.6. The molecule has 0 bridgehead atoms. The third kappa shape index (κ3) is 4.97. The summed E-state index contributed by atoms with van der Waals surface area (Å²) >= 11 is 11.9. The average molecular weight is 285 g/mol. The van der Waals surface area contributed by atoms with Crippen LogP contribution in [-0.2, 0) is 4.79 Å². The van der Waals surface area contributed by atoms with Crippen LogP contribution >= 0.6 is 23.2 Å². The summed E-state index contributed by atoms with van der Waals surface area (Å²) in [5.41, 5.74) is 0.445. The Hall–Kier alpha value is -1.21. The minimum atomic E-state index is -0.186. The molecule has 96 valence electrons. The zero-order valence-corrected chi connectivity index (χ0v) is 11.5. The lowest BCUT2D eigenvalue weighted by atomic mass is 10.3. The van der Waals surface area contributed by atoms with Crippen molar-refractivity contribution in [1.29, 1.82) is 0 Å². The summed E-state index contributed by atoms with van der Waals surface area (Å²) in [4.78, 5) is 11.6. The minimum Gasteiger partial charge on any atom is -0.322 e. The number of hydrogen-bond acceptors (Lipinski definition) is 2. The molecule has 0 saturated heterocycles. The third-order valence-electron chi connectivity index (χ3n) is 2.12. The highest BCUT2D eigenvalue weighted by molar-refractivity contribution is 6.39. The van der Waals surface area contributed by atoms with Gasteiger partial charge < -0.3 is 10.6 Å². The van der Waals surface area contributed by atoms with Crippen molar-refractivity contribution < 1.29 is 4.79 Å². The van der Waals surface area contributed by atoms with Crippen molar-refractivity contribution in [1.82, 2.24) is 5.32 Å². The minimum absolute atomic E-state index is 0.186. The molecule has 1 amide bonds. The highest BCUT2D eigenvalue weighted by Crippen LogP contribution is 2.29. The van der Waals surface area contributed by atoms with E-state index in [4.69, 9.17) is 23.2 Å². The average Bonchev–Trinajstić information content (AvgIpc) is 2.34. The maximum Gasteiger partial charge on any atom is 0.238 e. The van der Waals surface area contributed by atoms with Crippen molar-refractivity contribution in [2.75, 3.05) is 18.4 Å². The lowest BCUT2D eigenvalue weighted by Gasteiger charge is -2.09. The van der Waals surface area contributed by atoms with Gasteiger partial charge in [0.15, 0.2) is 0 Å². The lowest BCUT2D eigenvalue weighted by molar-refractivity contribution is -0.115. The Morgan fingerprint density at radius 1 is 1.33 bits per heavy atom. The predicted octanol–water partition coefficient (Wildman–Crippen LogP) is 2.93. The number of rotatable bonds is 5. The van der Waals surface area contributed by atoms with Crippen LogP contribution in [0, 0.1) is 11.8 Å². The van der Waals surface area contributed by atoms with Crippen LogP contribution in [0.3, 0.4) is 0 Å². The molecule has 0 spiro atoms. The zero-order chi connectivity index (χ0) is 13.4. The monoisotopic (exact) mass is 284 g/mol. The molecule has 0 unspecified atom stereocenters. The number of para-hydroxylation sites is 1. The first-order valence-corrected chi connectivity index (χ1v) is 6.25. The molecule has 2 N–H and O–H groups in total. The molecule has 0 fully saturated rings.